The Balaban J connectivity index is 1.80. The number of para-hydroxylation sites is 1. The first-order chi connectivity index (χ1) is 11.4. The number of hydrogen-bond acceptors (Lipinski definition) is 2. The minimum absolute atomic E-state index is 0.747. The lowest BCUT2D eigenvalue weighted by atomic mass is 10.1. The van der Waals surface area contributed by atoms with Gasteiger partial charge in [0.05, 0.1) is 24.3 Å². The molecular weight excluding hydrogens is 284 g/mol. The lowest BCUT2D eigenvalue weighted by Gasteiger charge is -2.03. The van der Waals surface area contributed by atoms with Gasteiger partial charge in [-0.05, 0) is 12.1 Å². The lowest BCUT2D eigenvalue weighted by Crippen LogP contribution is -1.96. The number of imidazole rings is 1. The molecule has 2 aromatic heterocycles. The van der Waals surface area contributed by atoms with E-state index in [1.165, 1.54) is 0 Å². The third-order valence-corrected chi connectivity index (χ3v) is 3.77. The molecule has 0 radical (unpaired) electrons. The van der Waals surface area contributed by atoms with Gasteiger partial charge in [-0.2, -0.15) is 5.10 Å². The summed E-state index contributed by atoms with van der Waals surface area (Å²) in [5.74, 6) is 0. The monoisotopic (exact) mass is 300 g/mol. The minimum Gasteiger partial charge on any atom is -0.333 e. The van der Waals surface area contributed by atoms with Crippen LogP contribution in [0.3, 0.4) is 0 Å². The average molecular weight is 300 g/mol. The summed E-state index contributed by atoms with van der Waals surface area (Å²) in [4.78, 5) is 4.12. The topological polar surface area (TPSA) is 35.6 Å². The molecule has 4 aromatic rings. The molecule has 0 saturated heterocycles. The van der Waals surface area contributed by atoms with E-state index in [9.17, 15) is 0 Å². The molecule has 0 fully saturated rings. The third kappa shape index (κ3) is 2.79. The molecule has 4 nitrogen and oxygen atoms in total. The van der Waals surface area contributed by atoms with E-state index in [4.69, 9.17) is 5.10 Å². The SMILES string of the molecule is c1ccc(-c2nn(-c3ccccc3)cc2Cn2ccnc2)cc1. The van der Waals surface area contributed by atoms with Crippen LogP contribution in [0.5, 0.6) is 0 Å². The minimum atomic E-state index is 0.747. The van der Waals surface area contributed by atoms with Crippen molar-refractivity contribution in [2.45, 2.75) is 6.54 Å². The maximum absolute atomic E-state index is 4.81. The Morgan fingerprint density at radius 3 is 2.30 bits per heavy atom. The number of hydrogen-bond donors (Lipinski definition) is 0. The van der Waals surface area contributed by atoms with Gasteiger partial charge in [-0.15, -0.1) is 0 Å². The van der Waals surface area contributed by atoms with Gasteiger partial charge in [0.15, 0.2) is 0 Å². The van der Waals surface area contributed by atoms with Crippen molar-refractivity contribution >= 4 is 0 Å². The van der Waals surface area contributed by atoms with Crippen molar-refractivity contribution in [2.75, 3.05) is 0 Å². The van der Waals surface area contributed by atoms with Crippen LogP contribution in [0.2, 0.25) is 0 Å². The lowest BCUT2D eigenvalue weighted by molar-refractivity contribution is 0.797. The Labute approximate surface area is 134 Å². The molecule has 0 aliphatic rings. The van der Waals surface area contributed by atoms with E-state index in [0.717, 1.165) is 29.1 Å². The van der Waals surface area contributed by atoms with Crippen molar-refractivity contribution < 1.29 is 0 Å². The van der Waals surface area contributed by atoms with Crippen LogP contribution in [0, 0.1) is 0 Å². The van der Waals surface area contributed by atoms with E-state index < -0.39 is 0 Å². The summed E-state index contributed by atoms with van der Waals surface area (Å²) in [6.07, 6.45) is 7.69. The standard InChI is InChI=1S/C19H16N4/c1-3-7-16(8-4-1)19-17(13-22-12-11-20-15-22)14-23(21-19)18-9-5-2-6-10-18/h1-12,14-15H,13H2. The molecule has 0 atom stereocenters. The summed E-state index contributed by atoms with van der Waals surface area (Å²) in [5.41, 5.74) is 4.35. The summed E-state index contributed by atoms with van der Waals surface area (Å²) in [6, 6.07) is 20.5. The van der Waals surface area contributed by atoms with Crippen LogP contribution < -0.4 is 0 Å². The van der Waals surface area contributed by atoms with Crippen molar-refractivity contribution in [3.8, 4) is 16.9 Å². The van der Waals surface area contributed by atoms with Gasteiger partial charge < -0.3 is 4.57 Å². The van der Waals surface area contributed by atoms with Gasteiger partial charge in [0.2, 0.25) is 0 Å². The maximum atomic E-state index is 4.81. The molecule has 0 bridgehead atoms. The van der Waals surface area contributed by atoms with E-state index >= 15 is 0 Å². The number of benzene rings is 2. The highest BCUT2D eigenvalue weighted by molar-refractivity contribution is 5.63. The molecule has 0 saturated carbocycles. The molecule has 2 heterocycles. The van der Waals surface area contributed by atoms with Crippen LogP contribution in [-0.2, 0) is 6.54 Å². The second-order valence-corrected chi connectivity index (χ2v) is 5.38. The highest BCUT2D eigenvalue weighted by Crippen LogP contribution is 2.24. The number of aromatic nitrogens is 4. The van der Waals surface area contributed by atoms with E-state index in [-0.39, 0.29) is 0 Å². The predicted octanol–water partition coefficient (Wildman–Crippen LogP) is 3.78. The Hall–Kier alpha value is -3.14. The fourth-order valence-corrected chi connectivity index (χ4v) is 2.65. The quantitative estimate of drug-likeness (QED) is 0.575. The van der Waals surface area contributed by atoms with Crippen LogP contribution in [0.15, 0.2) is 85.6 Å². The number of rotatable bonds is 4. The second kappa shape index (κ2) is 5.93. The molecule has 0 N–H and O–H groups in total. The summed E-state index contributed by atoms with van der Waals surface area (Å²) in [5, 5.41) is 4.81. The van der Waals surface area contributed by atoms with Crippen LogP contribution >= 0.6 is 0 Å². The Kier molecular flexibility index (Phi) is 3.48. The summed E-state index contributed by atoms with van der Waals surface area (Å²) in [6.45, 7) is 0.747. The fraction of sp³-hybridized carbons (Fsp3) is 0.0526. The predicted molar refractivity (Wildman–Crippen MR) is 90.3 cm³/mol. The van der Waals surface area contributed by atoms with Gasteiger partial charge >= 0.3 is 0 Å². The second-order valence-electron chi connectivity index (χ2n) is 5.38. The Bertz CT molecular complexity index is 878. The van der Waals surface area contributed by atoms with Crippen molar-refractivity contribution in [3.63, 3.8) is 0 Å². The number of nitrogens with zero attached hydrogens (tertiary/aromatic N) is 4. The zero-order chi connectivity index (χ0) is 15.5. The molecule has 4 rings (SSSR count). The molecule has 0 spiro atoms. The first-order valence-electron chi connectivity index (χ1n) is 7.55. The van der Waals surface area contributed by atoms with E-state index in [1.54, 1.807) is 6.20 Å². The molecule has 0 aliphatic carbocycles. The van der Waals surface area contributed by atoms with Crippen LogP contribution in [0.4, 0.5) is 0 Å². The fourth-order valence-electron chi connectivity index (χ4n) is 2.65. The molecule has 23 heavy (non-hydrogen) atoms. The molecule has 4 heteroatoms. The van der Waals surface area contributed by atoms with Crippen molar-refractivity contribution in [2.24, 2.45) is 0 Å². The van der Waals surface area contributed by atoms with Crippen molar-refractivity contribution in [3.05, 3.63) is 91.1 Å². The van der Waals surface area contributed by atoms with Gasteiger partial charge in [-0.1, -0.05) is 48.5 Å². The molecule has 2 aromatic carbocycles. The molecular formula is C19H16N4. The van der Waals surface area contributed by atoms with Crippen LogP contribution in [0.1, 0.15) is 5.56 Å². The van der Waals surface area contributed by atoms with Crippen molar-refractivity contribution in [1.29, 1.82) is 0 Å². The Morgan fingerprint density at radius 2 is 1.61 bits per heavy atom. The van der Waals surface area contributed by atoms with Crippen molar-refractivity contribution in [1.82, 2.24) is 19.3 Å². The third-order valence-electron chi connectivity index (χ3n) is 3.77. The normalized spacial score (nSPS) is 10.8. The molecule has 0 amide bonds. The highest BCUT2D eigenvalue weighted by Gasteiger charge is 2.12. The first kappa shape index (κ1) is 13.5. The van der Waals surface area contributed by atoms with E-state index in [1.807, 2.05) is 53.6 Å². The maximum Gasteiger partial charge on any atom is 0.0977 e. The van der Waals surface area contributed by atoms with Crippen LogP contribution in [0.25, 0.3) is 16.9 Å². The van der Waals surface area contributed by atoms with Gasteiger partial charge in [-0.3, -0.25) is 0 Å². The Morgan fingerprint density at radius 1 is 0.870 bits per heavy atom. The molecule has 0 aliphatic heterocycles. The van der Waals surface area contributed by atoms with Crippen LogP contribution in [-0.4, -0.2) is 19.3 Å². The summed E-state index contributed by atoms with van der Waals surface area (Å²) >= 11 is 0. The van der Waals surface area contributed by atoms with Gasteiger partial charge in [-0.25, -0.2) is 9.67 Å². The smallest absolute Gasteiger partial charge is 0.0977 e. The largest absolute Gasteiger partial charge is 0.333 e. The van der Waals surface area contributed by atoms with Gasteiger partial charge in [0.25, 0.3) is 0 Å². The van der Waals surface area contributed by atoms with Gasteiger partial charge in [0.1, 0.15) is 0 Å². The summed E-state index contributed by atoms with van der Waals surface area (Å²) in [7, 11) is 0. The first-order valence-corrected chi connectivity index (χ1v) is 7.55. The average Bonchev–Trinajstić information content (AvgIpc) is 3.27. The summed E-state index contributed by atoms with van der Waals surface area (Å²) < 4.78 is 3.99. The zero-order valence-corrected chi connectivity index (χ0v) is 12.6. The zero-order valence-electron chi connectivity index (χ0n) is 12.6. The van der Waals surface area contributed by atoms with E-state index in [0.29, 0.717) is 0 Å². The molecule has 0 unspecified atom stereocenters. The molecule has 112 valence electrons. The highest BCUT2D eigenvalue weighted by atomic mass is 15.3. The van der Waals surface area contributed by atoms with E-state index in [2.05, 4.69) is 40.0 Å². The van der Waals surface area contributed by atoms with Gasteiger partial charge in [0, 0.05) is 29.7 Å².